The van der Waals surface area contributed by atoms with Crippen LogP contribution >= 0.6 is 0 Å². The molecule has 0 unspecified atom stereocenters. The standard InChI is InChI=1S/C20H26N6O2/c1-19(2,17(27)23-13-15-7-5-9-21-11-15)25-26-20(3,4)18(28)24-14-16-8-6-10-22-12-16/h5-12H,13-14H2,1-4H3,(H,23,27)(H,24,28)/b26-25+. The summed E-state index contributed by atoms with van der Waals surface area (Å²) in [6, 6.07) is 7.35. The van der Waals surface area contributed by atoms with Crippen molar-refractivity contribution in [3.8, 4) is 0 Å². The highest BCUT2D eigenvalue weighted by Crippen LogP contribution is 2.17. The van der Waals surface area contributed by atoms with Crippen LogP contribution in [0.2, 0.25) is 0 Å². The van der Waals surface area contributed by atoms with Crippen LogP contribution in [0.5, 0.6) is 0 Å². The van der Waals surface area contributed by atoms with E-state index in [1.165, 1.54) is 0 Å². The highest BCUT2D eigenvalue weighted by Gasteiger charge is 2.32. The predicted octanol–water partition coefficient (Wildman–Crippen LogP) is 2.42. The van der Waals surface area contributed by atoms with E-state index in [0.29, 0.717) is 13.1 Å². The Kier molecular flexibility index (Phi) is 6.92. The van der Waals surface area contributed by atoms with Crippen LogP contribution in [0.4, 0.5) is 0 Å². The maximum atomic E-state index is 12.4. The Morgan fingerprint density at radius 3 is 1.54 bits per heavy atom. The van der Waals surface area contributed by atoms with Crippen LogP contribution < -0.4 is 10.6 Å². The van der Waals surface area contributed by atoms with Crippen LogP contribution in [0.15, 0.2) is 59.3 Å². The Morgan fingerprint density at radius 2 is 1.21 bits per heavy atom. The van der Waals surface area contributed by atoms with Gasteiger partial charge >= 0.3 is 0 Å². The number of hydrogen-bond acceptors (Lipinski definition) is 6. The molecular formula is C20H26N6O2. The zero-order chi connectivity index (χ0) is 20.6. The Balaban J connectivity index is 1.92. The van der Waals surface area contributed by atoms with Crippen LogP contribution in [0.25, 0.3) is 0 Å². The summed E-state index contributed by atoms with van der Waals surface area (Å²) in [5, 5.41) is 13.9. The summed E-state index contributed by atoms with van der Waals surface area (Å²) in [4.78, 5) is 32.9. The minimum atomic E-state index is -1.11. The molecule has 2 aromatic rings. The quantitative estimate of drug-likeness (QED) is 0.683. The molecule has 2 amide bonds. The highest BCUT2D eigenvalue weighted by molar-refractivity contribution is 5.86. The van der Waals surface area contributed by atoms with Gasteiger partial charge in [-0.05, 0) is 51.0 Å². The summed E-state index contributed by atoms with van der Waals surface area (Å²) < 4.78 is 0. The second-order valence-corrected chi connectivity index (χ2v) is 7.41. The second kappa shape index (κ2) is 9.16. The van der Waals surface area contributed by atoms with Gasteiger partial charge in [0.25, 0.3) is 0 Å². The first kappa shape index (κ1) is 21.1. The first-order chi connectivity index (χ1) is 13.2. The van der Waals surface area contributed by atoms with Crippen molar-refractivity contribution >= 4 is 11.8 Å². The highest BCUT2D eigenvalue weighted by atomic mass is 16.2. The summed E-state index contributed by atoms with van der Waals surface area (Å²) in [5.41, 5.74) is -0.441. The molecule has 0 atom stereocenters. The van der Waals surface area contributed by atoms with Gasteiger partial charge in [0.2, 0.25) is 11.8 Å². The molecule has 0 saturated carbocycles. The topological polar surface area (TPSA) is 109 Å². The lowest BCUT2D eigenvalue weighted by atomic mass is 10.0. The van der Waals surface area contributed by atoms with Crippen LogP contribution in [0, 0.1) is 0 Å². The fraction of sp³-hybridized carbons (Fsp3) is 0.400. The summed E-state index contributed by atoms with van der Waals surface area (Å²) >= 11 is 0. The van der Waals surface area contributed by atoms with E-state index in [-0.39, 0.29) is 11.8 Å². The molecule has 2 heterocycles. The van der Waals surface area contributed by atoms with Gasteiger partial charge in [-0.15, -0.1) is 0 Å². The normalized spacial score (nSPS) is 12.0. The Bertz CT molecular complexity index is 750. The summed E-state index contributed by atoms with van der Waals surface area (Å²) in [6.45, 7) is 7.30. The van der Waals surface area contributed by atoms with Gasteiger partial charge in [-0.3, -0.25) is 19.6 Å². The smallest absolute Gasteiger partial charge is 0.249 e. The molecular weight excluding hydrogens is 356 g/mol. The third-order valence-corrected chi connectivity index (χ3v) is 4.01. The summed E-state index contributed by atoms with van der Waals surface area (Å²) in [7, 11) is 0. The molecule has 2 N–H and O–H groups in total. The fourth-order valence-corrected chi connectivity index (χ4v) is 2.14. The lowest BCUT2D eigenvalue weighted by Gasteiger charge is -2.22. The van der Waals surface area contributed by atoms with E-state index < -0.39 is 11.1 Å². The molecule has 0 aromatic carbocycles. The molecule has 0 spiro atoms. The van der Waals surface area contributed by atoms with Crippen molar-refractivity contribution in [3.05, 3.63) is 60.2 Å². The molecule has 0 saturated heterocycles. The largest absolute Gasteiger partial charge is 0.350 e. The summed E-state index contributed by atoms with van der Waals surface area (Å²) in [5.74, 6) is -0.571. The number of amides is 2. The number of hydrogen-bond donors (Lipinski definition) is 2. The van der Waals surface area contributed by atoms with E-state index in [1.807, 2.05) is 12.1 Å². The monoisotopic (exact) mass is 382 g/mol. The van der Waals surface area contributed by atoms with Gasteiger partial charge < -0.3 is 10.6 Å². The SMILES string of the molecule is CC(C)(/N=N/C(C)(C)C(=O)NCc1cccnc1)C(=O)NCc1cccnc1. The van der Waals surface area contributed by atoms with Crippen molar-refractivity contribution in [2.45, 2.75) is 51.9 Å². The molecule has 0 aliphatic heterocycles. The van der Waals surface area contributed by atoms with E-state index in [9.17, 15) is 9.59 Å². The average molecular weight is 382 g/mol. The van der Waals surface area contributed by atoms with E-state index in [0.717, 1.165) is 11.1 Å². The molecule has 2 rings (SSSR count). The number of pyridine rings is 2. The van der Waals surface area contributed by atoms with Gasteiger partial charge in [0, 0.05) is 37.9 Å². The van der Waals surface area contributed by atoms with Gasteiger partial charge in [0.05, 0.1) is 0 Å². The summed E-state index contributed by atoms with van der Waals surface area (Å²) in [6.07, 6.45) is 6.71. The van der Waals surface area contributed by atoms with Gasteiger partial charge in [-0.2, -0.15) is 10.2 Å². The molecule has 0 aliphatic rings. The second-order valence-electron chi connectivity index (χ2n) is 7.41. The number of aromatic nitrogens is 2. The lowest BCUT2D eigenvalue weighted by Crippen LogP contribution is -2.43. The van der Waals surface area contributed by atoms with Gasteiger partial charge in [0.1, 0.15) is 0 Å². The lowest BCUT2D eigenvalue weighted by molar-refractivity contribution is -0.127. The first-order valence-electron chi connectivity index (χ1n) is 8.99. The molecule has 8 heteroatoms. The molecule has 28 heavy (non-hydrogen) atoms. The van der Waals surface area contributed by atoms with Crippen molar-refractivity contribution in [2.75, 3.05) is 0 Å². The number of carbonyl (C=O) groups is 2. The molecule has 0 fully saturated rings. The number of rotatable bonds is 8. The molecule has 148 valence electrons. The van der Waals surface area contributed by atoms with Gasteiger partial charge in [-0.1, -0.05) is 12.1 Å². The number of carbonyl (C=O) groups excluding carboxylic acids is 2. The van der Waals surface area contributed by atoms with Crippen molar-refractivity contribution in [2.24, 2.45) is 10.2 Å². The Labute approximate surface area is 164 Å². The average Bonchev–Trinajstić information content (AvgIpc) is 2.70. The maximum Gasteiger partial charge on any atom is 0.249 e. The zero-order valence-corrected chi connectivity index (χ0v) is 16.6. The van der Waals surface area contributed by atoms with E-state index in [2.05, 4.69) is 30.8 Å². The van der Waals surface area contributed by atoms with Crippen LogP contribution in [0.1, 0.15) is 38.8 Å². The maximum absolute atomic E-state index is 12.4. The molecule has 0 aliphatic carbocycles. The third-order valence-electron chi connectivity index (χ3n) is 4.01. The third kappa shape index (κ3) is 6.22. The van der Waals surface area contributed by atoms with Crippen LogP contribution in [-0.4, -0.2) is 32.9 Å². The van der Waals surface area contributed by atoms with Crippen molar-refractivity contribution in [1.82, 2.24) is 20.6 Å². The Hall–Kier alpha value is -3.16. The number of nitrogens with zero attached hydrogens (tertiary/aromatic N) is 4. The number of nitrogens with one attached hydrogen (secondary N) is 2. The van der Waals surface area contributed by atoms with Crippen molar-refractivity contribution in [1.29, 1.82) is 0 Å². The zero-order valence-electron chi connectivity index (χ0n) is 16.6. The van der Waals surface area contributed by atoms with Crippen molar-refractivity contribution in [3.63, 3.8) is 0 Å². The Morgan fingerprint density at radius 1 is 0.821 bits per heavy atom. The minimum absolute atomic E-state index is 0.285. The van der Waals surface area contributed by atoms with E-state index in [4.69, 9.17) is 0 Å². The van der Waals surface area contributed by atoms with Crippen LogP contribution in [-0.2, 0) is 22.7 Å². The van der Waals surface area contributed by atoms with Crippen LogP contribution in [0.3, 0.4) is 0 Å². The number of azo groups is 1. The van der Waals surface area contributed by atoms with Gasteiger partial charge in [0.15, 0.2) is 11.1 Å². The van der Waals surface area contributed by atoms with E-state index >= 15 is 0 Å². The molecule has 0 radical (unpaired) electrons. The fourth-order valence-electron chi connectivity index (χ4n) is 2.14. The molecule has 8 nitrogen and oxygen atoms in total. The predicted molar refractivity (Wildman–Crippen MR) is 105 cm³/mol. The van der Waals surface area contributed by atoms with E-state index in [1.54, 1.807) is 64.6 Å². The van der Waals surface area contributed by atoms with Gasteiger partial charge in [-0.25, -0.2) is 0 Å². The first-order valence-corrected chi connectivity index (χ1v) is 8.99. The van der Waals surface area contributed by atoms with Crippen molar-refractivity contribution < 1.29 is 9.59 Å². The molecule has 0 bridgehead atoms. The molecule has 2 aromatic heterocycles. The minimum Gasteiger partial charge on any atom is -0.350 e.